The third kappa shape index (κ3) is 2.44. The number of aliphatic carboxylic acids is 1. The number of carboxylic acids is 1. The average molecular weight is 252 g/mol. The van der Waals surface area contributed by atoms with Gasteiger partial charge in [-0.1, -0.05) is 0 Å². The maximum absolute atomic E-state index is 11.9. The number of H-pyrrole nitrogens is 1. The van der Waals surface area contributed by atoms with Gasteiger partial charge in [0.15, 0.2) is 0 Å². The number of aromatic nitrogens is 2. The van der Waals surface area contributed by atoms with E-state index in [-0.39, 0.29) is 12.1 Å². The number of nitrogens with zero attached hydrogens (tertiary/aromatic N) is 2. The molecule has 98 valence electrons. The number of nitrogens with one attached hydrogen (secondary N) is 2. The summed E-state index contributed by atoms with van der Waals surface area (Å²) in [6.45, 7) is 2.63. The number of rotatable bonds is 3. The molecule has 0 saturated carbocycles. The second-order valence-electron chi connectivity index (χ2n) is 4.43. The Kier molecular flexibility index (Phi) is 3.50. The Morgan fingerprint density at radius 2 is 2.44 bits per heavy atom. The van der Waals surface area contributed by atoms with Gasteiger partial charge in [-0.05, 0) is 13.3 Å². The van der Waals surface area contributed by atoms with E-state index in [1.165, 1.54) is 0 Å². The van der Waals surface area contributed by atoms with Gasteiger partial charge in [-0.3, -0.25) is 9.89 Å². The Labute approximate surface area is 104 Å². The second-order valence-corrected chi connectivity index (χ2v) is 4.43. The molecular formula is C11H16N4O3. The van der Waals surface area contributed by atoms with Crippen molar-refractivity contribution in [2.24, 2.45) is 5.92 Å². The van der Waals surface area contributed by atoms with Gasteiger partial charge in [0.1, 0.15) is 0 Å². The lowest BCUT2D eigenvalue weighted by Gasteiger charge is -2.23. The Morgan fingerprint density at radius 3 is 3.00 bits per heavy atom. The minimum Gasteiger partial charge on any atom is -0.481 e. The largest absolute Gasteiger partial charge is 0.481 e. The molecule has 2 rings (SSSR count). The maximum atomic E-state index is 11.9. The van der Waals surface area contributed by atoms with Crippen LogP contribution in [0, 0.1) is 5.92 Å². The van der Waals surface area contributed by atoms with Gasteiger partial charge < -0.3 is 15.3 Å². The predicted octanol–water partition coefficient (Wildman–Crippen LogP) is 0.414. The lowest BCUT2D eigenvalue weighted by molar-refractivity contribution is -0.142. The lowest BCUT2D eigenvalue weighted by Crippen LogP contribution is -2.43. The van der Waals surface area contributed by atoms with Crippen LogP contribution in [0.15, 0.2) is 12.4 Å². The van der Waals surface area contributed by atoms with Crippen LogP contribution < -0.4 is 5.32 Å². The first-order chi connectivity index (χ1) is 8.59. The molecule has 1 aliphatic rings. The standard InChI is InChI=1S/C11H16N4O3/c1-7-9(10(16)17)2-3-15(7)11(18)12-4-8-5-13-14-6-8/h5-7,9H,2-4H2,1H3,(H,12,18)(H,13,14)(H,16,17). The van der Waals surface area contributed by atoms with Crippen LogP contribution in [0.3, 0.4) is 0 Å². The van der Waals surface area contributed by atoms with Crippen molar-refractivity contribution in [2.45, 2.75) is 25.9 Å². The summed E-state index contributed by atoms with van der Waals surface area (Å²) < 4.78 is 0. The highest BCUT2D eigenvalue weighted by atomic mass is 16.4. The van der Waals surface area contributed by atoms with Crippen LogP contribution in [0.2, 0.25) is 0 Å². The average Bonchev–Trinajstić information content (AvgIpc) is 2.94. The van der Waals surface area contributed by atoms with E-state index in [4.69, 9.17) is 5.11 Å². The quantitative estimate of drug-likeness (QED) is 0.725. The highest BCUT2D eigenvalue weighted by Crippen LogP contribution is 2.24. The molecule has 3 N–H and O–H groups in total. The number of likely N-dealkylation sites (tertiary alicyclic amines) is 1. The van der Waals surface area contributed by atoms with Crippen molar-refractivity contribution < 1.29 is 14.7 Å². The summed E-state index contributed by atoms with van der Waals surface area (Å²) in [5.41, 5.74) is 0.880. The van der Waals surface area contributed by atoms with Gasteiger partial charge in [-0.2, -0.15) is 5.10 Å². The minimum atomic E-state index is -0.840. The van der Waals surface area contributed by atoms with E-state index in [9.17, 15) is 9.59 Å². The van der Waals surface area contributed by atoms with Crippen molar-refractivity contribution in [1.82, 2.24) is 20.4 Å². The number of aromatic amines is 1. The van der Waals surface area contributed by atoms with Gasteiger partial charge in [0.25, 0.3) is 0 Å². The molecule has 0 spiro atoms. The van der Waals surface area contributed by atoms with Crippen LogP contribution in [0.1, 0.15) is 18.9 Å². The van der Waals surface area contributed by atoms with E-state index >= 15 is 0 Å². The van der Waals surface area contributed by atoms with Gasteiger partial charge in [0.05, 0.1) is 12.1 Å². The second kappa shape index (κ2) is 5.07. The molecule has 1 saturated heterocycles. The smallest absolute Gasteiger partial charge is 0.317 e. The van der Waals surface area contributed by atoms with E-state index < -0.39 is 11.9 Å². The molecule has 1 fully saturated rings. The number of amides is 2. The van der Waals surface area contributed by atoms with E-state index in [1.54, 1.807) is 24.2 Å². The van der Waals surface area contributed by atoms with Crippen molar-refractivity contribution in [3.05, 3.63) is 18.0 Å². The summed E-state index contributed by atoms with van der Waals surface area (Å²) in [7, 11) is 0. The minimum absolute atomic E-state index is 0.229. The molecule has 2 amide bonds. The molecule has 7 heteroatoms. The summed E-state index contributed by atoms with van der Waals surface area (Å²) in [5.74, 6) is -1.31. The topological polar surface area (TPSA) is 98.3 Å². The van der Waals surface area contributed by atoms with Crippen LogP contribution in [0.5, 0.6) is 0 Å². The van der Waals surface area contributed by atoms with Crippen LogP contribution in [-0.4, -0.2) is 44.8 Å². The van der Waals surface area contributed by atoms with E-state index in [1.807, 2.05) is 0 Å². The van der Waals surface area contributed by atoms with E-state index in [0.717, 1.165) is 5.56 Å². The van der Waals surface area contributed by atoms with Crippen molar-refractivity contribution in [2.75, 3.05) is 6.54 Å². The molecule has 18 heavy (non-hydrogen) atoms. The van der Waals surface area contributed by atoms with Crippen molar-refractivity contribution in [1.29, 1.82) is 0 Å². The van der Waals surface area contributed by atoms with Gasteiger partial charge in [-0.25, -0.2) is 4.79 Å². The molecule has 0 radical (unpaired) electrons. The molecule has 1 aliphatic heterocycles. The van der Waals surface area contributed by atoms with Crippen molar-refractivity contribution >= 4 is 12.0 Å². The van der Waals surface area contributed by atoms with Crippen LogP contribution >= 0.6 is 0 Å². The Morgan fingerprint density at radius 1 is 1.67 bits per heavy atom. The third-order valence-corrected chi connectivity index (χ3v) is 3.33. The highest BCUT2D eigenvalue weighted by molar-refractivity contribution is 5.78. The predicted molar refractivity (Wildman–Crippen MR) is 62.7 cm³/mol. The molecule has 2 heterocycles. The van der Waals surface area contributed by atoms with E-state index in [0.29, 0.717) is 19.5 Å². The zero-order chi connectivity index (χ0) is 13.1. The van der Waals surface area contributed by atoms with Gasteiger partial charge in [0.2, 0.25) is 0 Å². The monoisotopic (exact) mass is 252 g/mol. The number of urea groups is 1. The van der Waals surface area contributed by atoms with Crippen molar-refractivity contribution in [3.63, 3.8) is 0 Å². The highest BCUT2D eigenvalue weighted by Gasteiger charge is 2.37. The molecule has 2 atom stereocenters. The summed E-state index contributed by atoms with van der Waals surface area (Å²) >= 11 is 0. The van der Waals surface area contributed by atoms with Gasteiger partial charge in [0, 0.05) is 30.9 Å². The van der Waals surface area contributed by atoms with Crippen LogP contribution in [0.25, 0.3) is 0 Å². The fourth-order valence-corrected chi connectivity index (χ4v) is 2.21. The number of carboxylic acid groups (broad SMARTS) is 1. The maximum Gasteiger partial charge on any atom is 0.317 e. The van der Waals surface area contributed by atoms with Crippen LogP contribution in [-0.2, 0) is 11.3 Å². The molecule has 0 aliphatic carbocycles. The fourth-order valence-electron chi connectivity index (χ4n) is 2.21. The molecular weight excluding hydrogens is 236 g/mol. The summed E-state index contributed by atoms with van der Waals surface area (Å²) in [6, 6.07) is -0.501. The summed E-state index contributed by atoms with van der Waals surface area (Å²) in [5, 5.41) is 18.2. The zero-order valence-corrected chi connectivity index (χ0v) is 10.1. The number of carbonyl (C=O) groups excluding carboxylic acids is 1. The number of carbonyl (C=O) groups is 2. The fraction of sp³-hybridized carbons (Fsp3) is 0.545. The summed E-state index contributed by atoms with van der Waals surface area (Å²) in [6.07, 6.45) is 3.84. The van der Waals surface area contributed by atoms with Gasteiger partial charge >= 0.3 is 12.0 Å². The third-order valence-electron chi connectivity index (χ3n) is 3.33. The molecule has 1 aromatic heterocycles. The molecule has 0 aromatic carbocycles. The molecule has 1 aromatic rings. The molecule has 2 unspecified atom stereocenters. The van der Waals surface area contributed by atoms with Gasteiger partial charge in [-0.15, -0.1) is 0 Å². The van der Waals surface area contributed by atoms with Crippen molar-refractivity contribution in [3.8, 4) is 0 Å². The molecule has 0 bridgehead atoms. The SMILES string of the molecule is CC1C(C(=O)O)CCN1C(=O)NCc1cn[nH]c1. The Balaban J connectivity index is 1.88. The lowest BCUT2D eigenvalue weighted by atomic mass is 10.0. The number of hydrogen-bond acceptors (Lipinski definition) is 3. The zero-order valence-electron chi connectivity index (χ0n) is 10.1. The number of hydrogen-bond donors (Lipinski definition) is 3. The normalized spacial score (nSPS) is 23.1. The first-order valence-electron chi connectivity index (χ1n) is 5.84. The Hall–Kier alpha value is -2.05. The Bertz CT molecular complexity index is 432. The first-order valence-corrected chi connectivity index (χ1v) is 5.84. The summed E-state index contributed by atoms with van der Waals surface area (Å²) in [4.78, 5) is 24.4. The molecule has 7 nitrogen and oxygen atoms in total. The first kappa shape index (κ1) is 12.4. The van der Waals surface area contributed by atoms with E-state index in [2.05, 4.69) is 15.5 Å². The van der Waals surface area contributed by atoms with Crippen LogP contribution in [0.4, 0.5) is 4.79 Å².